The number of ether oxygens (including phenoxy) is 1. The molecule has 2 aromatic heterocycles. The van der Waals surface area contributed by atoms with Gasteiger partial charge in [0.15, 0.2) is 0 Å². The van der Waals surface area contributed by atoms with Crippen LogP contribution < -0.4 is 0 Å². The van der Waals surface area contributed by atoms with Crippen LogP contribution in [0.4, 0.5) is 0 Å². The molecule has 0 spiro atoms. The fourth-order valence-corrected chi connectivity index (χ4v) is 5.39. The summed E-state index contributed by atoms with van der Waals surface area (Å²) >= 11 is 0. The Morgan fingerprint density at radius 2 is 1.47 bits per heavy atom. The average Bonchev–Trinajstić information content (AvgIpc) is 3.26. The zero-order valence-corrected chi connectivity index (χ0v) is 21.9. The number of benzene rings is 1. The van der Waals surface area contributed by atoms with E-state index >= 15 is 0 Å². The number of nitrogens with zero attached hydrogens (tertiary/aromatic N) is 1. The molecule has 188 valence electrons. The van der Waals surface area contributed by atoms with E-state index in [0.29, 0.717) is 6.10 Å². The Kier molecular flexibility index (Phi) is 12.5. The van der Waals surface area contributed by atoms with Crippen LogP contribution in [0, 0.1) is 5.92 Å². The zero-order chi connectivity index (χ0) is 23.8. The molecule has 0 amide bonds. The minimum atomic E-state index is 0.594. The molecule has 1 N–H and O–H groups in total. The Morgan fingerprint density at radius 3 is 2.26 bits per heavy atom. The molecule has 3 aromatic rings. The number of hydrogen-bond donors (Lipinski definition) is 1. The van der Waals surface area contributed by atoms with Gasteiger partial charge >= 0.3 is 0 Å². The molecule has 3 heterocycles. The van der Waals surface area contributed by atoms with E-state index in [-0.39, 0.29) is 0 Å². The number of unbranched alkanes of at least 4 members (excludes halogenated alkanes) is 9. The fraction of sp³-hybridized carbons (Fsp3) is 0.645. The van der Waals surface area contributed by atoms with E-state index in [0.717, 1.165) is 18.0 Å². The number of hydrogen-bond acceptors (Lipinski definition) is 2. The second-order valence-corrected chi connectivity index (χ2v) is 10.2. The van der Waals surface area contributed by atoms with Crippen LogP contribution >= 0.6 is 0 Å². The number of aromatic nitrogens is 2. The maximum Gasteiger partial charge on any atom is 0.0651 e. The monoisotopic (exact) mass is 464 g/mol. The van der Waals surface area contributed by atoms with Gasteiger partial charge in [0, 0.05) is 29.1 Å². The van der Waals surface area contributed by atoms with Crippen molar-refractivity contribution in [2.24, 2.45) is 5.92 Å². The third-order valence-corrected chi connectivity index (χ3v) is 7.41. The predicted molar refractivity (Wildman–Crippen MR) is 147 cm³/mol. The van der Waals surface area contributed by atoms with Crippen LogP contribution in [-0.2, 0) is 4.74 Å². The molecule has 1 aromatic carbocycles. The Hall–Kier alpha value is -1.87. The van der Waals surface area contributed by atoms with Crippen LogP contribution in [-0.4, -0.2) is 22.7 Å². The number of pyridine rings is 1. The third-order valence-electron chi connectivity index (χ3n) is 7.41. The van der Waals surface area contributed by atoms with E-state index in [9.17, 15) is 0 Å². The molecule has 1 fully saturated rings. The Labute approximate surface area is 208 Å². The molecule has 3 nitrogen and oxygen atoms in total. The highest BCUT2D eigenvalue weighted by Gasteiger charge is 2.24. The van der Waals surface area contributed by atoms with Gasteiger partial charge in [0.2, 0.25) is 0 Å². The third kappa shape index (κ3) is 8.73. The van der Waals surface area contributed by atoms with Crippen molar-refractivity contribution < 1.29 is 4.74 Å². The van der Waals surface area contributed by atoms with E-state index in [4.69, 9.17) is 4.74 Å². The molecular weight excluding hydrogens is 416 g/mol. The van der Waals surface area contributed by atoms with Gasteiger partial charge in [-0.1, -0.05) is 103 Å². The molecule has 1 aliphatic rings. The minimum Gasteiger partial charge on any atom is -0.378 e. The average molecular weight is 465 g/mol. The molecule has 0 unspecified atom stereocenters. The van der Waals surface area contributed by atoms with Gasteiger partial charge in [-0.25, -0.2) is 0 Å². The summed E-state index contributed by atoms with van der Waals surface area (Å²) in [6.45, 7) is 5.61. The normalized spacial score (nSPS) is 18.2. The first-order valence-electron chi connectivity index (χ1n) is 14.3. The quantitative estimate of drug-likeness (QED) is 0.256. The largest absolute Gasteiger partial charge is 0.378 e. The van der Waals surface area contributed by atoms with Gasteiger partial charge in [0.25, 0.3) is 0 Å². The van der Waals surface area contributed by atoms with Crippen LogP contribution in [0.1, 0.15) is 110 Å². The van der Waals surface area contributed by atoms with Gasteiger partial charge in [-0.2, -0.15) is 0 Å². The summed E-state index contributed by atoms with van der Waals surface area (Å²) in [5.74, 6) is 0.871. The molecule has 2 atom stereocenters. The summed E-state index contributed by atoms with van der Waals surface area (Å²) in [5, 5.41) is 2.51. The highest BCUT2D eigenvalue weighted by molar-refractivity contribution is 6.06. The summed E-state index contributed by atoms with van der Waals surface area (Å²) in [6.07, 6.45) is 25.3. The van der Waals surface area contributed by atoms with E-state index in [1.54, 1.807) is 0 Å². The lowest BCUT2D eigenvalue weighted by atomic mass is 9.86. The van der Waals surface area contributed by atoms with Crippen molar-refractivity contribution in [1.82, 2.24) is 9.97 Å². The van der Waals surface area contributed by atoms with Crippen LogP contribution in [0.15, 0.2) is 42.7 Å². The van der Waals surface area contributed by atoms with Gasteiger partial charge in [0.05, 0.1) is 17.8 Å². The van der Waals surface area contributed by atoms with Crippen molar-refractivity contribution in [2.75, 3.05) is 6.61 Å². The number of para-hydroxylation sites is 1. The molecule has 3 heteroatoms. The second-order valence-electron chi connectivity index (χ2n) is 10.2. The SMILES string of the molecule is CCCCCCCC[C@H]1OCCC[C@@H]1CCCCCCC.c1ccc2c(c1)[nH]c1cnccc12. The van der Waals surface area contributed by atoms with E-state index in [1.165, 1.54) is 113 Å². The lowest BCUT2D eigenvalue weighted by molar-refractivity contribution is -0.0352. The van der Waals surface area contributed by atoms with Crippen LogP contribution in [0.3, 0.4) is 0 Å². The zero-order valence-electron chi connectivity index (χ0n) is 21.9. The van der Waals surface area contributed by atoms with E-state index < -0.39 is 0 Å². The molecule has 0 aliphatic carbocycles. The van der Waals surface area contributed by atoms with E-state index in [1.807, 2.05) is 24.5 Å². The first kappa shape index (κ1) is 26.7. The van der Waals surface area contributed by atoms with Gasteiger partial charge < -0.3 is 9.72 Å². The molecular formula is C31H48N2O. The molecule has 1 aliphatic heterocycles. The Bertz CT molecular complexity index is 868. The van der Waals surface area contributed by atoms with Crippen molar-refractivity contribution in [3.05, 3.63) is 42.7 Å². The molecule has 0 saturated carbocycles. The number of fused-ring (bicyclic) bond motifs is 3. The van der Waals surface area contributed by atoms with Crippen LogP contribution in [0.2, 0.25) is 0 Å². The van der Waals surface area contributed by atoms with Gasteiger partial charge in [0.1, 0.15) is 0 Å². The maximum atomic E-state index is 6.10. The number of aromatic amines is 1. The van der Waals surface area contributed by atoms with Crippen molar-refractivity contribution in [2.45, 2.75) is 116 Å². The standard InChI is InChI=1S/C20H40O.C11H8N2/c1-3-5-7-9-11-13-17-20-19(16-14-18-21-20)15-12-10-8-6-4-2;1-2-4-10-8(3-1)9-5-6-12-7-11(9)13-10/h19-20H,3-18H2,1-2H3;1-7,13H/t19-,20+;/m0./s1. The predicted octanol–water partition coefficient (Wildman–Crippen LogP) is 9.61. The highest BCUT2D eigenvalue weighted by Crippen LogP contribution is 2.29. The first-order valence-corrected chi connectivity index (χ1v) is 14.3. The molecule has 1 saturated heterocycles. The number of rotatable bonds is 13. The van der Waals surface area contributed by atoms with Crippen molar-refractivity contribution in [3.8, 4) is 0 Å². The van der Waals surface area contributed by atoms with E-state index in [2.05, 4.69) is 42.0 Å². The highest BCUT2D eigenvalue weighted by atomic mass is 16.5. The van der Waals surface area contributed by atoms with Crippen molar-refractivity contribution in [3.63, 3.8) is 0 Å². The van der Waals surface area contributed by atoms with Gasteiger partial charge in [-0.3, -0.25) is 4.98 Å². The van der Waals surface area contributed by atoms with Crippen LogP contribution in [0.25, 0.3) is 21.8 Å². The molecule has 34 heavy (non-hydrogen) atoms. The molecule has 0 radical (unpaired) electrons. The smallest absolute Gasteiger partial charge is 0.0651 e. The summed E-state index contributed by atoms with van der Waals surface area (Å²) in [6, 6.07) is 10.3. The maximum absolute atomic E-state index is 6.10. The second kappa shape index (κ2) is 15.9. The summed E-state index contributed by atoms with van der Waals surface area (Å²) in [4.78, 5) is 7.39. The Morgan fingerprint density at radius 1 is 0.794 bits per heavy atom. The lowest BCUT2D eigenvalue weighted by Crippen LogP contribution is -2.29. The topological polar surface area (TPSA) is 37.9 Å². The summed E-state index contributed by atoms with van der Waals surface area (Å²) in [5.41, 5.74) is 2.27. The van der Waals surface area contributed by atoms with Gasteiger partial charge in [-0.15, -0.1) is 0 Å². The number of nitrogens with one attached hydrogen (secondary N) is 1. The number of H-pyrrole nitrogens is 1. The minimum absolute atomic E-state index is 0.594. The van der Waals surface area contributed by atoms with Gasteiger partial charge in [-0.05, 0) is 43.7 Å². The lowest BCUT2D eigenvalue weighted by Gasteiger charge is -2.32. The molecule has 4 rings (SSSR count). The summed E-state index contributed by atoms with van der Waals surface area (Å²) in [7, 11) is 0. The molecule has 0 bridgehead atoms. The first-order chi connectivity index (χ1) is 16.8. The van der Waals surface area contributed by atoms with Crippen molar-refractivity contribution >= 4 is 21.8 Å². The summed E-state index contributed by atoms with van der Waals surface area (Å²) < 4.78 is 6.10. The van der Waals surface area contributed by atoms with Crippen molar-refractivity contribution in [1.29, 1.82) is 0 Å². The van der Waals surface area contributed by atoms with Crippen LogP contribution in [0.5, 0.6) is 0 Å². The fourth-order valence-electron chi connectivity index (χ4n) is 5.39. The Balaban J connectivity index is 0.000000210.